The first-order valence-corrected chi connectivity index (χ1v) is 10.2. The number of hydrogen-bond donors (Lipinski definition) is 1. The highest BCUT2D eigenvalue weighted by atomic mass is 19.4. The van der Waals surface area contributed by atoms with Crippen molar-refractivity contribution in [2.24, 2.45) is 0 Å². The second-order valence-corrected chi connectivity index (χ2v) is 7.84. The third-order valence-electron chi connectivity index (χ3n) is 5.38. The lowest BCUT2D eigenvalue weighted by Crippen LogP contribution is -2.26. The van der Waals surface area contributed by atoms with Crippen molar-refractivity contribution < 1.29 is 22.7 Å². The van der Waals surface area contributed by atoms with Crippen molar-refractivity contribution in [3.05, 3.63) is 35.0 Å². The lowest BCUT2D eigenvalue weighted by atomic mass is 9.93. The van der Waals surface area contributed by atoms with Crippen LogP contribution in [0.2, 0.25) is 0 Å². The largest absolute Gasteiger partial charge is 0.462 e. The van der Waals surface area contributed by atoms with Gasteiger partial charge in [0.25, 0.3) is 0 Å². The predicted octanol–water partition coefficient (Wildman–Crippen LogP) is 6.30. The summed E-state index contributed by atoms with van der Waals surface area (Å²) in [6.07, 6.45) is 0.0908. The van der Waals surface area contributed by atoms with E-state index >= 15 is 0 Å². The molecule has 0 saturated heterocycles. The summed E-state index contributed by atoms with van der Waals surface area (Å²) in [5, 5.41) is 3.80. The summed E-state index contributed by atoms with van der Waals surface area (Å²) in [7, 11) is 0. The maximum Gasteiger partial charge on any atom is 0.434 e. The smallest absolute Gasteiger partial charge is 0.434 e. The zero-order valence-electron chi connectivity index (χ0n) is 17.0. The number of ether oxygens (including phenoxy) is 1. The van der Waals surface area contributed by atoms with Crippen LogP contribution < -0.4 is 5.32 Å². The number of esters is 1. The number of halogens is 3. The van der Waals surface area contributed by atoms with E-state index in [1.165, 1.54) is 0 Å². The van der Waals surface area contributed by atoms with Crippen molar-refractivity contribution in [2.45, 2.75) is 71.0 Å². The van der Waals surface area contributed by atoms with Crippen molar-refractivity contribution in [1.82, 2.24) is 4.98 Å². The van der Waals surface area contributed by atoms with Gasteiger partial charge in [-0.05, 0) is 43.4 Å². The normalized spacial score (nSPS) is 15.7. The number of carbonyl (C=O) groups is 1. The Kier molecular flexibility index (Phi) is 6.34. The van der Waals surface area contributed by atoms with Crippen LogP contribution in [0.4, 0.5) is 18.9 Å². The van der Waals surface area contributed by atoms with Gasteiger partial charge < -0.3 is 10.1 Å². The van der Waals surface area contributed by atoms with Crippen molar-refractivity contribution in [3.8, 4) is 0 Å². The third kappa shape index (κ3) is 4.65. The molecule has 0 atom stereocenters. The van der Waals surface area contributed by atoms with Crippen molar-refractivity contribution in [3.63, 3.8) is 0 Å². The van der Waals surface area contributed by atoms with Gasteiger partial charge in [0.05, 0.1) is 17.8 Å². The molecule has 0 spiro atoms. The van der Waals surface area contributed by atoms with E-state index in [4.69, 9.17) is 4.74 Å². The molecule has 0 bridgehead atoms. The molecule has 1 aromatic carbocycles. The van der Waals surface area contributed by atoms with E-state index in [1.807, 2.05) is 19.9 Å². The highest BCUT2D eigenvalue weighted by Gasteiger charge is 2.40. The van der Waals surface area contributed by atoms with Gasteiger partial charge in [0.15, 0.2) is 5.69 Å². The first-order chi connectivity index (χ1) is 13.7. The van der Waals surface area contributed by atoms with E-state index in [0.717, 1.165) is 37.7 Å². The number of hydrogen-bond acceptors (Lipinski definition) is 4. The van der Waals surface area contributed by atoms with Crippen LogP contribution >= 0.6 is 0 Å². The quantitative estimate of drug-likeness (QED) is 0.590. The van der Waals surface area contributed by atoms with E-state index in [2.05, 4.69) is 10.3 Å². The van der Waals surface area contributed by atoms with E-state index in [0.29, 0.717) is 5.39 Å². The van der Waals surface area contributed by atoms with Gasteiger partial charge in [-0.2, -0.15) is 13.2 Å². The molecule has 0 aliphatic heterocycles. The molecule has 1 aliphatic rings. The molecule has 1 heterocycles. The first-order valence-electron chi connectivity index (χ1n) is 10.2. The summed E-state index contributed by atoms with van der Waals surface area (Å²) in [6.45, 7) is 5.59. The fourth-order valence-corrected chi connectivity index (χ4v) is 3.85. The number of aromatic nitrogens is 1. The zero-order chi connectivity index (χ0) is 21.2. The minimum Gasteiger partial charge on any atom is -0.462 e. The number of nitrogens with zero attached hydrogens (tertiary/aromatic N) is 1. The van der Waals surface area contributed by atoms with Gasteiger partial charge in [-0.1, -0.05) is 39.2 Å². The Morgan fingerprint density at radius 3 is 2.52 bits per heavy atom. The van der Waals surface area contributed by atoms with E-state index in [1.54, 1.807) is 19.1 Å². The number of benzene rings is 1. The third-order valence-corrected chi connectivity index (χ3v) is 5.38. The van der Waals surface area contributed by atoms with Crippen LogP contribution in [0.25, 0.3) is 10.9 Å². The Morgan fingerprint density at radius 1 is 1.24 bits per heavy atom. The van der Waals surface area contributed by atoms with Crippen LogP contribution in [0, 0.1) is 0 Å². The molecular formula is C22H27F3N2O2. The summed E-state index contributed by atoms with van der Waals surface area (Å²) < 4.78 is 46.5. The van der Waals surface area contributed by atoms with Gasteiger partial charge in [-0.3, -0.25) is 0 Å². The minimum atomic E-state index is -4.77. The average Bonchev–Trinajstić information content (AvgIpc) is 2.67. The second-order valence-electron chi connectivity index (χ2n) is 7.84. The number of alkyl halides is 3. The summed E-state index contributed by atoms with van der Waals surface area (Å²) in [6, 6.07) is 5.24. The van der Waals surface area contributed by atoms with Crippen molar-refractivity contribution in [2.75, 3.05) is 11.9 Å². The Balaban J connectivity index is 2.28. The number of pyridine rings is 1. The Hall–Kier alpha value is -2.31. The van der Waals surface area contributed by atoms with Gasteiger partial charge in [0.2, 0.25) is 0 Å². The maximum absolute atomic E-state index is 13.8. The second kappa shape index (κ2) is 8.59. The molecule has 0 unspecified atom stereocenters. The molecule has 7 heteroatoms. The fraction of sp³-hybridized carbons (Fsp3) is 0.545. The number of rotatable bonds is 5. The van der Waals surface area contributed by atoms with E-state index in [9.17, 15) is 18.0 Å². The van der Waals surface area contributed by atoms with Crippen LogP contribution in [-0.2, 0) is 10.9 Å². The molecule has 0 amide bonds. The lowest BCUT2D eigenvalue weighted by Gasteiger charge is -2.27. The summed E-state index contributed by atoms with van der Waals surface area (Å²) >= 11 is 0. The van der Waals surface area contributed by atoms with E-state index < -0.39 is 23.4 Å². The first kappa shape index (κ1) is 21.4. The maximum atomic E-state index is 13.8. The van der Waals surface area contributed by atoms with Crippen LogP contribution in [0.1, 0.15) is 80.4 Å². The van der Waals surface area contributed by atoms with Crippen LogP contribution in [0.5, 0.6) is 0 Å². The predicted molar refractivity (Wildman–Crippen MR) is 107 cm³/mol. The average molecular weight is 408 g/mol. The van der Waals surface area contributed by atoms with Gasteiger partial charge in [0.1, 0.15) is 5.56 Å². The van der Waals surface area contributed by atoms with Crippen LogP contribution in [-0.4, -0.2) is 23.6 Å². The van der Waals surface area contributed by atoms with Gasteiger partial charge in [0, 0.05) is 11.4 Å². The Labute approximate surface area is 168 Å². The highest BCUT2D eigenvalue weighted by molar-refractivity contribution is 6.06. The monoisotopic (exact) mass is 408 g/mol. The standard InChI is InChI=1S/C22H27F3N2O2/c1-4-29-21(28)18-19(26-15-8-6-5-7-9-15)16-12-14(13(2)3)10-11-17(16)27-20(18)22(23,24)25/h10-13,15H,4-9H2,1-3H3,(H,26,27). The molecule has 4 nitrogen and oxygen atoms in total. The van der Waals surface area contributed by atoms with Crippen LogP contribution in [0.15, 0.2) is 18.2 Å². The van der Waals surface area contributed by atoms with Crippen molar-refractivity contribution >= 4 is 22.6 Å². The number of anilines is 1. The molecule has 1 fully saturated rings. The molecule has 1 aliphatic carbocycles. The molecule has 1 N–H and O–H groups in total. The summed E-state index contributed by atoms with van der Waals surface area (Å²) in [5.74, 6) is -0.808. The fourth-order valence-electron chi connectivity index (χ4n) is 3.85. The molecule has 3 rings (SSSR count). The van der Waals surface area contributed by atoms with E-state index in [-0.39, 0.29) is 29.8 Å². The summed E-state index contributed by atoms with van der Waals surface area (Å²) in [4.78, 5) is 16.5. The minimum absolute atomic E-state index is 0.0108. The molecule has 2 aromatic rings. The number of carbonyl (C=O) groups excluding carboxylic acids is 1. The Bertz CT molecular complexity index is 888. The summed E-state index contributed by atoms with van der Waals surface area (Å²) in [5.41, 5.74) is -0.332. The molecular weight excluding hydrogens is 381 g/mol. The SMILES string of the molecule is CCOC(=O)c1c(C(F)(F)F)nc2ccc(C(C)C)cc2c1NC1CCCCC1. The van der Waals surface area contributed by atoms with Crippen molar-refractivity contribution in [1.29, 1.82) is 0 Å². The number of fused-ring (bicyclic) bond motifs is 1. The zero-order valence-corrected chi connectivity index (χ0v) is 17.0. The number of nitrogens with one attached hydrogen (secondary N) is 1. The molecule has 1 saturated carbocycles. The van der Waals surface area contributed by atoms with Gasteiger partial charge in [-0.15, -0.1) is 0 Å². The topological polar surface area (TPSA) is 51.2 Å². The molecule has 0 radical (unpaired) electrons. The molecule has 1 aromatic heterocycles. The molecule has 29 heavy (non-hydrogen) atoms. The Morgan fingerprint density at radius 2 is 1.93 bits per heavy atom. The lowest BCUT2D eigenvalue weighted by molar-refractivity contribution is -0.141. The van der Waals surface area contributed by atoms with Crippen LogP contribution in [0.3, 0.4) is 0 Å². The van der Waals surface area contributed by atoms with Gasteiger partial charge >= 0.3 is 12.1 Å². The van der Waals surface area contributed by atoms with Gasteiger partial charge in [-0.25, -0.2) is 9.78 Å². The molecule has 158 valence electrons. The highest BCUT2D eigenvalue weighted by Crippen LogP contribution is 2.40.